The summed E-state index contributed by atoms with van der Waals surface area (Å²) in [5.41, 5.74) is 6.72. The van der Waals surface area contributed by atoms with Crippen LogP contribution in [0.25, 0.3) is 5.00 Å². The Kier molecular flexibility index (Phi) is 11.6. The lowest BCUT2D eigenvalue weighted by atomic mass is 9.99. The monoisotopic (exact) mass is 859 g/mol. The highest BCUT2D eigenvalue weighted by molar-refractivity contribution is 7.15. The van der Waals surface area contributed by atoms with Gasteiger partial charge in [0, 0.05) is 70.9 Å². The van der Waals surface area contributed by atoms with Gasteiger partial charge in [-0.15, -0.1) is 21.5 Å². The molecule has 5 heterocycles. The average molecular weight is 860 g/mol. The summed E-state index contributed by atoms with van der Waals surface area (Å²) in [5, 5.41) is 27.3. The third kappa shape index (κ3) is 8.43. The van der Waals surface area contributed by atoms with Gasteiger partial charge in [0.1, 0.15) is 22.9 Å². The fourth-order valence-corrected chi connectivity index (χ4v) is 9.04. The summed E-state index contributed by atoms with van der Waals surface area (Å²) >= 11 is 7.87. The first-order valence-corrected chi connectivity index (χ1v) is 20.9. The maximum Gasteiger partial charge on any atom is 0.255 e. The first kappa shape index (κ1) is 41.2. The number of thiophene rings is 1. The summed E-state index contributed by atoms with van der Waals surface area (Å²) < 4.78 is 2.00. The van der Waals surface area contributed by atoms with Gasteiger partial charge in [0.2, 0.25) is 23.6 Å². The number of carbonyl (C=O) groups is 5. The Balaban J connectivity index is 0.837. The number of halogens is 1. The second-order valence-corrected chi connectivity index (χ2v) is 16.7. The molecule has 0 spiro atoms. The Labute approximate surface area is 360 Å². The lowest BCUT2D eigenvalue weighted by Crippen LogP contribution is -2.52. The number of aryl methyl sites for hydroxylation is 2. The van der Waals surface area contributed by atoms with Crippen LogP contribution in [0.15, 0.2) is 82.0 Å². The molecule has 5 aromatic rings. The number of hydrogen-bond acceptors (Lipinski definition) is 12. The molecule has 0 aliphatic carbocycles. The van der Waals surface area contributed by atoms with Crippen molar-refractivity contribution >= 4 is 75.2 Å². The summed E-state index contributed by atoms with van der Waals surface area (Å²) in [6, 6.07) is 18.6. The van der Waals surface area contributed by atoms with Crippen molar-refractivity contribution in [1.82, 2.24) is 35.6 Å². The molecule has 2 aromatic heterocycles. The molecular weight excluding hydrogens is 818 g/mol. The van der Waals surface area contributed by atoms with E-state index in [1.54, 1.807) is 53.6 Å². The number of nitrogens with one attached hydrogen (secondary N) is 3. The fourth-order valence-electron chi connectivity index (χ4n) is 7.70. The summed E-state index contributed by atoms with van der Waals surface area (Å²) in [4.78, 5) is 73.1. The van der Waals surface area contributed by atoms with E-state index in [2.05, 4.69) is 50.2 Å². The molecule has 0 saturated carbocycles. The number of nitrogens with zero attached hydrogens (tertiary/aromatic N) is 8. The van der Waals surface area contributed by atoms with E-state index in [1.807, 2.05) is 47.9 Å². The fraction of sp³-hybridized carbons (Fsp3) is 0.302. The minimum atomic E-state index is -0.719. The molecule has 312 valence electrons. The molecule has 1 fully saturated rings. The number of fused-ring (bicyclic) bond motifs is 4. The van der Waals surface area contributed by atoms with Crippen LogP contribution in [0, 0.1) is 20.8 Å². The summed E-state index contributed by atoms with van der Waals surface area (Å²) in [5.74, 6) is -0.259. The Bertz CT molecular complexity index is 2640. The maximum atomic E-state index is 13.4. The molecule has 5 amide bonds. The van der Waals surface area contributed by atoms with Crippen molar-refractivity contribution in [2.45, 2.75) is 58.7 Å². The van der Waals surface area contributed by atoms with Crippen molar-refractivity contribution in [2.24, 2.45) is 15.2 Å². The molecule has 1 saturated heterocycles. The second kappa shape index (κ2) is 17.2. The molecule has 0 radical (unpaired) electrons. The number of azo groups is 1. The van der Waals surface area contributed by atoms with Crippen LogP contribution in [0.3, 0.4) is 0 Å². The number of carbonyl (C=O) groups excluding carboxylic acids is 5. The molecular formula is C43H42ClN11O5S. The van der Waals surface area contributed by atoms with Gasteiger partial charge in [0.15, 0.2) is 5.82 Å². The minimum absolute atomic E-state index is 0.0326. The number of aliphatic imine (C=N–C) groups is 1. The molecule has 3 aromatic carbocycles. The zero-order valence-electron chi connectivity index (χ0n) is 33.9. The van der Waals surface area contributed by atoms with E-state index < -0.39 is 18.0 Å². The van der Waals surface area contributed by atoms with Crippen molar-refractivity contribution in [3.63, 3.8) is 0 Å². The van der Waals surface area contributed by atoms with Crippen molar-refractivity contribution in [1.29, 1.82) is 0 Å². The summed E-state index contributed by atoms with van der Waals surface area (Å²) in [6.45, 7) is 6.76. The number of piperidine rings is 1. The van der Waals surface area contributed by atoms with Gasteiger partial charge >= 0.3 is 0 Å². The summed E-state index contributed by atoms with van der Waals surface area (Å²) in [7, 11) is 1.80. The van der Waals surface area contributed by atoms with Gasteiger partial charge in [-0.2, -0.15) is 10.2 Å². The van der Waals surface area contributed by atoms with Crippen LogP contribution >= 0.6 is 22.9 Å². The Hall–Kier alpha value is -6.59. The highest BCUT2D eigenvalue weighted by Crippen LogP contribution is 2.40. The molecule has 18 heteroatoms. The van der Waals surface area contributed by atoms with Crippen LogP contribution in [0.2, 0.25) is 5.02 Å². The largest absolute Gasteiger partial charge is 0.365 e. The normalized spacial score (nSPS) is 17.0. The zero-order valence-corrected chi connectivity index (χ0v) is 35.4. The van der Waals surface area contributed by atoms with E-state index in [4.69, 9.17) is 16.6 Å². The first-order chi connectivity index (χ1) is 29.4. The standard InChI is InChI=1S/C43H42ClN11O5S/c1-23-24(2)61-43-38(23)39(26-8-10-27(44)11-9-26)47-33(40-52-49-25(3)55(40)43)20-36(57)45-18-19-46-37(58)22-53(4)29-14-12-28(13-15-29)50-51-32-7-5-6-30-31(32)21-54(42(30)60)34-16-17-35(56)48-41(34)59/h5-15,33-34H,16-22H2,1-4H3,(H,45,57)(H,46,58)(H,48,56,59)/b51-50+/t33-,34?/m0/s1. The third-order valence-corrected chi connectivity index (χ3v) is 12.5. The van der Waals surface area contributed by atoms with Gasteiger partial charge < -0.3 is 20.4 Å². The minimum Gasteiger partial charge on any atom is -0.365 e. The number of likely N-dealkylation sites (N-methyl/N-ethyl adjacent to an activating group) is 1. The van der Waals surface area contributed by atoms with Crippen molar-refractivity contribution in [3.8, 4) is 5.00 Å². The molecule has 16 nitrogen and oxygen atoms in total. The van der Waals surface area contributed by atoms with Crippen LogP contribution < -0.4 is 20.9 Å². The lowest BCUT2D eigenvalue weighted by Gasteiger charge is -2.29. The van der Waals surface area contributed by atoms with Crippen molar-refractivity contribution in [2.75, 3.05) is 31.6 Å². The number of amides is 5. The molecule has 1 unspecified atom stereocenters. The van der Waals surface area contributed by atoms with Gasteiger partial charge in [-0.25, -0.2) is 0 Å². The number of hydrogen-bond donors (Lipinski definition) is 3. The van der Waals surface area contributed by atoms with Gasteiger partial charge in [-0.1, -0.05) is 29.8 Å². The summed E-state index contributed by atoms with van der Waals surface area (Å²) in [6.07, 6.45) is 0.482. The molecule has 3 N–H and O–H groups in total. The number of benzene rings is 3. The van der Waals surface area contributed by atoms with Gasteiger partial charge in [-0.05, 0) is 81.3 Å². The molecule has 0 bridgehead atoms. The Morgan fingerprint density at radius 3 is 2.43 bits per heavy atom. The first-order valence-electron chi connectivity index (χ1n) is 19.8. The number of rotatable bonds is 12. The van der Waals surface area contributed by atoms with E-state index in [-0.39, 0.29) is 69.1 Å². The third-order valence-electron chi connectivity index (χ3n) is 11.0. The van der Waals surface area contributed by atoms with Gasteiger partial charge in [-0.3, -0.25) is 38.8 Å². The van der Waals surface area contributed by atoms with Crippen molar-refractivity contribution in [3.05, 3.63) is 116 Å². The second-order valence-electron chi connectivity index (χ2n) is 15.1. The van der Waals surface area contributed by atoms with E-state index in [0.717, 1.165) is 38.0 Å². The quantitative estimate of drug-likeness (QED) is 0.0803. The highest BCUT2D eigenvalue weighted by Gasteiger charge is 2.40. The van der Waals surface area contributed by atoms with Gasteiger partial charge in [0.05, 0.1) is 30.1 Å². The van der Waals surface area contributed by atoms with E-state index in [0.29, 0.717) is 39.2 Å². The van der Waals surface area contributed by atoms with Gasteiger partial charge in [0.25, 0.3) is 5.91 Å². The molecule has 3 aliphatic rings. The van der Waals surface area contributed by atoms with E-state index in [1.165, 1.54) is 4.90 Å². The number of anilines is 1. The topological polar surface area (TPSA) is 196 Å². The van der Waals surface area contributed by atoms with E-state index >= 15 is 0 Å². The number of imide groups is 1. The van der Waals surface area contributed by atoms with Crippen LogP contribution in [-0.4, -0.2) is 87.6 Å². The molecule has 61 heavy (non-hydrogen) atoms. The molecule has 2 atom stereocenters. The molecule has 8 rings (SSSR count). The lowest BCUT2D eigenvalue weighted by molar-refractivity contribution is -0.137. The predicted molar refractivity (Wildman–Crippen MR) is 230 cm³/mol. The van der Waals surface area contributed by atoms with E-state index in [9.17, 15) is 24.0 Å². The smallest absolute Gasteiger partial charge is 0.255 e. The zero-order chi connectivity index (χ0) is 42.9. The Morgan fingerprint density at radius 2 is 1.69 bits per heavy atom. The maximum absolute atomic E-state index is 13.4. The highest BCUT2D eigenvalue weighted by atomic mass is 35.5. The Morgan fingerprint density at radius 1 is 0.951 bits per heavy atom. The average Bonchev–Trinajstić information content (AvgIpc) is 3.86. The SMILES string of the molecule is Cc1sc2c(c1C)C(c1ccc(Cl)cc1)=N[C@@H](CC(=O)NCCNC(=O)CN(C)c1ccc(/N=N/c3cccc4c3CN(C3CCC(=O)NC3=O)C4=O)cc1)c1nnc(C)n1-2. The molecule has 3 aliphatic heterocycles. The van der Waals surface area contributed by atoms with Crippen molar-refractivity contribution < 1.29 is 24.0 Å². The van der Waals surface area contributed by atoms with Crippen LogP contribution in [0.1, 0.15) is 74.4 Å². The predicted octanol–water partition coefficient (Wildman–Crippen LogP) is 5.73. The van der Waals surface area contributed by atoms with Crippen LogP contribution in [0.4, 0.5) is 17.1 Å². The number of aromatic nitrogens is 3. The van der Waals surface area contributed by atoms with Crippen LogP contribution in [-0.2, 0) is 25.7 Å². The van der Waals surface area contributed by atoms with Crippen LogP contribution in [0.5, 0.6) is 0 Å².